The highest BCUT2D eigenvalue weighted by Crippen LogP contribution is 2.20. The first-order valence-electron chi connectivity index (χ1n) is 7.45. The molecule has 0 bridgehead atoms. The van der Waals surface area contributed by atoms with Gasteiger partial charge in [0.1, 0.15) is 11.4 Å². The highest BCUT2D eigenvalue weighted by molar-refractivity contribution is 5.24. The minimum atomic E-state index is -1.01. The Hall–Kier alpha value is -1.59. The van der Waals surface area contributed by atoms with E-state index in [2.05, 4.69) is 28.9 Å². The van der Waals surface area contributed by atoms with E-state index in [1.807, 2.05) is 6.92 Å². The van der Waals surface area contributed by atoms with Gasteiger partial charge in [-0.05, 0) is 39.3 Å². The quantitative estimate of drug-likeness (QED) is 0.822. The number of nitrogens with one attached hydrogen (secondary N) is 1. The molecule has 5 heteroatoms. The van der Waals surface area contributed by atoms with E-state index in [1.54, 1.807) is 25.3 Å². The Balaban J connectivity index is 1.98. The summed E-state index contributed by atoms with van der Waals surface area (Å²) < 4.78 is 7.33. The second-order valence-electron chi connectivity index (χ2n) is 5.73. The van der Waals surface area contributed by atoms with Crippen molar-refractivity contribution in [2.45, 2.75) is 52.8 Å². The topological polar surface area (TPSA) is 63.2 Å². The summed E-state index contributed by atoms with van der Waals surface area (Å²) in [6, 6.07) is 3.57. The fourth-order valence-corrected chi connectivity index (χ4v) is 2.52. The zero-order valence-corrected chi connectivity index (χ0v) is 13.3. The summed E-state index contributed by atoms with van der Waals surface area (Å²) in [6.07, 6.45) is 2.65. The second kappa shape index (κ2) is 6.45. The largest absolute Gasteiger partial charge is 0.466 e. The van der Waals surface area contributed by atoms with Gasteiger partial charge in [0, 0.05) is 30.9 Å². The zero-order chi connectivity index (χ0) is 15.5. The Kier molecular flexibility index (Phi) is 4.85. The number of aryl methyl sites for hydroxylation is 2. The molecule has 1 atom stereocenters. The number of aliphatic hydroxyl groups is 1. The van der Waals surface area contributed by atoms with Crippen molar-refractivity contribution in [3.63, 3.8) is 0 Å². The molecular formula is C16H25N3O2. The summed E-state index contributed by atoms with van der Waals surface area (Å²) in [7, 11) is 0. The van der Waals surface area contributed by atoms with Gasteiger partial charge in [0.25, 0.3) is 0 Å². The van der Waals surface area contributed by atoms with Gasteiger partial charge in [-0.15, -0.1) is 0 Å². The fraction of sp³-hybridized carbons (Fsp3) is 0.562. The van der Waals surface area contributed by atoms with Gasteiger partial charge in [-0.2, -0.15) is 5.10 Å². The summed E-state index contributed by atoms with van der Waals surface area (Å²) >= 11 is 0. The normalized spacial score (nSPS) is 14.3. The van der Waals surface area contributed by atoms with Crippen LogP contribution in [0.2, 0.25) is 0 Å². The number of rotatable bonds is 7. The van der Waals surface area contributed by atoms with Crippen molar-refractivity contribution < 1.29 is 9.52 Å². The van der Waals surface area contributed by atoms with Crippen LogP contribution < -0.4 is 5.32 Å². The molecule has 2 N–H and O–H groups in total. The summed E-state index contributed by atoms with van der Waals surface area (Å²) in [4.78, 5) is 0. The molecule has 2 rings (SSSR count). The molecule has 0 aliphatic heterocycles. The molecule has 21 heavy (non-hydrogen) atoms. The molecule has 0 aliphatic carbocycles. The molecule has 0 saturated carbocycles. The maximum Gasteiger partial charge on any atom is 0.136 e. The van der Waals surface area contributed by atoms with Gasteiger partial charge >= 0.3 is 0 Å². The Morgan fingerprint density at radius 3 is 2.81 bits per heavy atom. The fourth-order valence-electron chi connectivity index (χ4n) is 2.52. The van der Waals surface area contributed by atoms with Gasteiger partial charge in [0.15, 0.2) is 0 Å². The highest BCUT2D eigenvalue weighted by Gasteiger charge is 2.25. The van der Waals surface area contributed by atoms with Crippen LogP contribution in [0.5, 0.6) is 0 Å². The summed E-state index contributed by atoms with van der Waals surface area (Å²) in [5.74, 6) is 0.574. The first-order valence-corrected chi connectivity index (χ1v) is 7.45. The number of hydrogen-bond donors (Lipinski definition) is 2. The third-order valence-electron chi connectivity index (χ3n) is 3.79. The lowest BCUT2D eigenvalue weighted by molar-refractivity contribution is 0.0340. The molecule has 0 aromatic carbocycles. The van der Waals surface area contributed by atoms with Crippen molar-refractivity contribution >= 4 is 0 Å². The van der Waals surface area contributed by atoms with Crippen molar-refractivity contribution in [2.24, 2.45) is 0 Å². The van der Waals surface area contributed by atoms with E-state index < -0.39 is 5.60 Å². The van der Waals surface area contributed by atoms with E-state index in [4.69, 9.17) is 4.42 Å². The Morgan fingerprint density at radius 1 is 1.43 bits per heavy atom. The van der Waals surface area contributed by atoms with Gasteiger partial charge in [-0.25, -0.2) is 0 Å². The molecule has 0 radical (unpaired) electrons. The molecule has 5 nitrogen and oxygen atoms in total. The molecule has 0 aliphatic rings. The van der Waals surface area contributed by atoms with Crippen molar-refractivity contribution in [3.05, 3.63) is 41.1 Å². The van der Waals surface area contributed by atoms with Gasteiger partial charge in [0.05, 0.1) is 12.0 Å². The number of nitrogens with zero attached hydrogens (tertiary/aromatic N) is 2. The maximum absolute atomic E-state index is 10.4. The number of furan rings is 1. The SMILES string of the molecule is CCCn1nc(C)c(CNCC(C)(O)c2ccco2)c1C. The van der Waals surface area contributed by atoms with Crippen molar-refractivity contribution in [2.75, 3.05) is 6.54 Å². The molecule has 0 fully saturated rings. The van der Waals surface area contributed by atoms with Crippen LogP contribution in [0.3, 0.4) is 0 Å². The van der Waals surface area contributed by atoms with Crippen LogP contribution in [0.25, 0.3) is 0 Å². The van der Waals surface area contributed by atoms with Crippen LogP contribution >= 0.6 is 0 Å². The molecule has 1 unspecified atom stereocenters. The van der Waals surface area contributed by atoms with Gasteiger partial charge < -0.3 is 14.8 Å². The maximum atomic E-state index is 10.4. The van der Waals surface area contributed by atoms with Gasteiger partial charge in [-0.1, -0.05) is 6.92 Å². The third kappa shape index (κ3) is 3.54. The molecule has 116 valence electrons. The molecule has 0 amide bonds. The predicted molar refractivity (Wildman–Crippen MR) is 82.0 cm³/mol. The first kappa shape index (κ1) is 15.8. The summed E-state index contributed by atoms with van der Waals surface area (Å²) in [5, 5.41) is 18.3. The van der Waals surface area contributed by atoms with Gasteiger partial charge in [-0.3, -0.25) is 4.68 Å². The molecule has 2 heterocycles. The smallest absolute Gasteiger partial charge is 0.136 e. The monoisotopic (exact) mass is 291 g/mol. The van der Waals surface area contributed by atoms with E-state index in [1.165, 1.54) is 11.3 Å². The van der Waals surface area contributed by atoms with Crippen LogP contribution in [0.4, 0.5) is 0 Å². The summed E-state index contributed by atoms with van der Waals surface area (Å²) in [6.45, 7) is 10.1. The highest BCUT2D eigenvalue weighted by atomic mass is 16.4. The third-order valence-corrected chi connectivity index (χ3v) is 3.79. The van der Waals surface area contributed by atoms with Crippen molar-refractivity contribution in [1.29, 1.82) is 0 Å². The average Bonchev–Trinajstić information content (AvgIpc) is 3.04. The van der Waals surface area contributed by atoms with E-state index >= 15 is 0 Å². The predicted octanol–water partition coefficient (Wildman–Crippen LogP) is 2.50. The standard InChI is InChI=1S/C16H25N3O2/c1-5-8-19-13(3)14(12(2)18-19)10-17-11-16(4,20)15-7-6-9-21-15/h6-7,9,17,20H,5,8,10-11H2,1-4H3. The molecule has 2 aromatic rings. The van der Waals surface area contributed by atoms with Crippen molar-refractivity contribution in [1.82, 2.24) is 15.1 Å². The molecular weight excluding hydrogens is 266 g/mol. The van der Waals surface area contributed by atoms with Crippen molar-refractivity contribution in [3.8, 4) is 0 Å². The van der Waals surface area contributed by atoms with Crippen LogP contribution in [-0.4, -0.2) is 21.4 Å². The van der Waals surface area contributed by atoms with Gasteiger partial charge in [0.2, 0.25) is 0 Å². The number of aromatic nitrogens is 2. The average molecular weight is 291 g/mol. The van der Waals surface area contributed by atoms with E-state index in [0.29, 0.717) is 18.8 Å². The first-order chi connectivity index (χ1) is 9.95. The lowest BCUT2D eigenvalue weighted by Crippen LogP contribution is -2.35. The lowest BCUT2D eigenvalue weighted by atomic mass is 10.0. The zero-order valence-electron chi connectivity index (χ0n) is 13.3. The molecule has 0 spiro atoms. The van der Waals surface area contributed by atoms with E-state index in [0.717, 1.165) is 18.7 Å². The van der Waals surface area contributed by atoms with Crippen LogP contribution in [0, 0.1) is 13.8 Å². The van der Waals surface area contributed by atoms with E-state index in [9.17, 15) is 5.11 Å². The Morgan fingerprint density at radius 2 is 2.19 bits per heavy atom. The molecule has 0 saturated heterocycles. The van der Waals surface area contributed by atoms with Crippen LogP contribution in [0.15, 0.2) is 22.8 Å². The minimum Gasteiger partial charge on any atom is -0.466 e. The lowest BCUT2D eigenvalue weighted by Gasteiger charge is -2.21. The Bertz CT molecular complexity index is 571. The van der Waals surface area contributed by atoms with Crippen LogP contribution in [-0.2, 0) is 18.7 Å². The molecule has 2 aromatic heterocycles. The van der Waals surface area contributed by atoms with E-state index in [-0.39, 0.29) is 0 Å². The Labute approximate surface area is 126 Å². The minimum absolute atomic E-state index is 0.429. The number of hydrogen-bond acceptors (Lipinski definition) is 4. The summed E-state index contributed by atoms with van der Waals surface area (Å²) in [5.41, 5.74) is 2.44. The second-order valence-corrected chi connectivity index (χ2v) is 5.73. The van der Waals surface area contributed by atoms with Crippen LogP contribution in [0.1, 0.15) is 43.0 Å².